The molecule has 3 N–H and O–H groups in total. The van der Waals surface area contributed by atoms with Crippen LogP contribution in [0.1, 0.15) is 32.6 Å². The lowest BCUT2D eigenvalue weighted by atomic mass is 10.0. The molecule has 0 unspecified atom stereocenters. The lowest BCUT2D eigenvalue weighted by Gasteiger charge is -2.33. The zero-order chi connectivity index (χ0) is 29.6. The number of piperazine rings is 1. The third-order valence-electron chi connectivity index (χ3n) is 6.76. The molecule has 1 aliphatic heterocycles. The summed E-state index contributed by atoms with van der Waals surface area (Å²) in [7, 11) is 5.26. The molecule has 2 heterocycles. The number of ether oxygens (including phenoxy) is 1. The first kappa shape index (κ1) is 29.6. The van der Waals surface area contributed by atoms with Gasteiger partial charge < -0.3 is 20.3 Å². The molecule has 0 spiro atoms. The zero-order valence-electron chi connectivity index (χ0n) is 23.0. The molecule has 11 heteroatoms. The van der Waals surface area contributed by atoms with Gasteiger partial charge in [0.25, 0.3) is 5.91 Å². The Kier molecular flexibility index (Phi) is 9.27. The number of pyridine rings is 1. The van der Waals surface area contributed by atoms with Gasteiger partial charge in [0.1, 0.15) is 11.5 Å². The van der Waals surface area contributed by atoms with Gasteiger partial charge in [-0.1, -0.05) is 12.0 Å². The van der Waals surface area contributed by atoms with Crippen LogP contribution < -0.4 is 15.4 Å². The van der Waals surface area contributed by atoms with E-state index in [9.17, 15) is 18.0 Å². The lowest BCUT2D eigenvalue weighted by molar-refractivity contribution is -0.138. The van der Waals surface area contributed by atoms with Gasteiger partial charge in [0.2, 0.25) is 0 Å². The van der Waals surface area contributed by atoms with E-state index in [0.717, 1.165) is 19.2 Å². The van der Waals surface area contributed by atoms with Crippen molar-refractivity contribution in [3.63, 3.8) is 0 Å². The number of hydrogen-bond donors (Lipinski definition) is 3. The summed E-state index contributed by atoms with van der Waals surface area (Å²) in [6, 6.07) is 10.5. The summed E-state index contributed by atoms with van der Waals surface area (Å²) >= 11 is 0. The number of aromatic nitrogens is 1. The third-order valence-corrected chi connectivity index (χ3v) is 6.76. The highest BCUT2D eigenvalue weighted by atomic mass is 19.4. The smallest absolute Gasteiger partial charge is 0.416 e. The summed E-state index contributed by atoms with van der Waals surface area (Å²) < 4.78 is 47.0. The Balaban J connectivity index is 1.49. The number of amides is 1. The highest BCUT2D eigenvalue weighted by Gasteiger charge is 2.34. The number of methoxy groups -OCH3 is 1. The molecular weight excluding hydrogens is 533 g/mol. The van der Waals surface area contributed by atoms with Crippen molar-refractivity contribution in [2.75, 3.05) is 58.0 Å². The van der Waals surface area contributed by atoms with Crippen molar-refractivity contribution in [3.05, 3.63) is 82.7 Å². The predicted octanol–water partition coefficient (Wildman–Crippen LogP) is 4.57. The number of rotatable bonds is 7. The van der Waals surface area contributed by atoms with E-state index in [-0.39, 0.29) is 29.1 Å². The van der Waals surface area contributed by atoms with E-state index >= 15 is 0 Å². The number of hydrogen-bond acceptors (Lipinski definition) is 7. The van der Waals surface area contributed by atoms with E-state index in [1.807, 2.05) is 11.9 Å². The van der Waals surface area contributed by atoms with Crippen LogP contribution in [-0.4, -0.2) is 73.8 Å². The van der Waals surface area contributed by atoms with E-state index in [1.54, 1.807) is 32.4 Å². The van der Waals surface area contributed by atoms with E-state index in [2.05, 4.69) is 32.4 Å². The minimum Gasteiger partial charge on any atom is -0.497 e. The summed E-state index contributed by atoms with van der Waals surface area (Å²) in [5, 5.41) is 13.9. The van der Waals surface area contributed by atoms with E-state index in [4.69, 9.17) is 10.1 Å². The van der Waals surface area contributed by atoms with Crippen molar-refractivity contribution >= 4 is 23.0 Å². The highest BCUT2D eigenvalue weighted by Crippen LogP contribution is 2.34. The van der Waals surface area contributed by atoms with Gasteiger partial charge in [-0.25, -0.2) is 0 Å². The molecule has 1 fully saturated rings. The largest absolute Gasteiger partial charge is 0.497 e. The monoisotopic (exact) mass is 564 g/mol. The fourth-order valence-corrected chi connectivity index (χ4v) is 4.42. The van der Waals surface area contributed by atoms with Gasteiger partial charge in [-0.15, -0.1) is 0 Å². The number of anilines is 2. The Bertz CT molecular complexity index is 1490. The highest BCUT2D eigenvalue weighted by molar-refractivity contribution is 6.14. The molecule has 1 aromatic heterocycles. The fourth-order valence-electron chi connectivity index (χ4n) is 4.42. The van der Waals surface area contributed by atoms with E-state index < -0.39 is 17.6 Å². The van der Waals surface area contributed by atoms with Gasteiger partial charge in [0.15, 0.2) is 0 Å². The third kappa shape index (κ3) is 7.63. The second-order valence-corrected chi connectivity index (χ2v) is 9.65. The summed E-state index contributed by atoms with van der Waals surface area (Å²) in [6.45, 7) is 3.16. The first-order valence-electron chi connectivity index (χ1n) is 12.9. The Morgan fingerprint density at radius 2 is 1.85 bits per heavy atom. The van der Waals surface area contributed by atoms with Gasteiger partial charge in [-0.05, 0) is 48.9 Å². The van der Waals surface area contributed by atoms with Gasteiger partial charge in [0, 0.05) is 80.7 Å². The van der Waals surface area contributed by atoms with Crippen LogP contribution in [0.5, 0.6) is 5.75 Å². The van der Waals surface area contributed by atoms with Crippen molar-refractivity contribution in [3.8, 4) is 17.6 Å². The van der Waals surface area contributed by atoms with Crippen LogP contribution in [0.4, 0.5) is 24.5 Å². The molecule has 0 aliphatic carbocycles. The number of carbonyl (C=O) groups excluding carboxylic acids is 1. The van der Waals surface area contributed by atoms with Crippen LogP contribution in [0.3, 0.4) is 0 Å². The molecule has 0 radical (unpaired) electrons. The normalized spacial score (nSPS) is 14.1. The first-order chi connectivity index (χ1) is 19.6. The second-order valence-electron chi connectivity index (χ2n) is 9.65. The maximum Gasteiger partial charge on any atom is 0.416 e. The number of likely N-dealkylation sites (N-methyl/N-ethyl adjacent to an activating group) is 1. The molecule has 41 heavy (non-hydrogen) atoms. The molecule has 0 atom stereocenters. The molecular formula is C30H31F3N6O2. The van der Waals surface area contributed by atoms with Crippen LogP contribution in [-0.2, 0) is 12.7 Å². The quantitative estimate of drug-likeness (QED) is 0.288. The number of halogens is 3. The lowest BCUT2D eigenvalue weighted by Crippen LogP contribution is -2.44. The van der Waals surface area contributed by atoms with Crippen molar-refractivity contribution in [2.24, 2.45) is 0 Å². The van der Waals surface area contributed by atoms with Crippen molar-refractivity contribution in [1.82, 2.24) is 14.8 Å². The Morgan fingerprint density at radius 1 is 1.10 bits per heavy atom. The Labute approximate surface area is 237 Å². The van der Waals surface area contributed by atoms with Crippen LogP contribution in [0, 0.1) is 17.3 Å². The molecule has 0 bridgehead atoms. The Morgan fingerprint density at radius 3 is 2.54 bits per heavy atom. The zero-order valence-corrected chi connectivity index (χ0v) is 23.0. The van der Waals surface area contributed by atoms with Gasteiger partial charge in [-0.2, -0.15) is 13.2 Å². The molecule has 1 aliphatic rings. The fraction of sp³-hybridized carbons (Fsp3) is 0.300. The molecule has 1 saturated heterocycles. The summed E-state index contributed by atoms with van der Waals surface area (Å²) in [6.07, 6.45) is -1.82. The number of nitrogens with one attached hydrogen (secondary N) is 3. The molecule has 2 aromatic carbocycles. The first-order valence-corrected chi connectivity index (χ1v) is 12.9. The molecule has 214 valence electrons. The average Bonchev–Trinajstić information content (AvgIpc) is 2.97. The SMILES string of the molecule is CNc1cc(OC)ccc1C(=N)C#Cc1cncc(C(=O)Nc2ccc(CN3CCN(C)CC3)c(C(F)(F)F)c2)c1. The summed E-state index contributed by atoms with van der Waals surface area (Å²) in [4.78, 5) is 21.1. The van der Waals surface area contributed by atoms with E-state index in [1.165, 1.54) is 30.6 Å². The van der Waals surface area contributed by atoms with Crippen molar-refractivity contribution in [2.45, 2.75) is 12.7 Å². The standard InChI is InChI=1S/C30H31F3N6O2/c1-35-28-16-24(41-3)7-8-25(28)27(34)9-4-20-14-22(18-36-17-20)29(40)37-23-6-5-21(26(15-23)30(31,32)33)19-39-12-10-38(2)11-13-39/h5-8,14-18,34-35H,10-13,19H2,1-3H3,(H,37,40). The van der Waals surface area contributed by atoms with Crippen LogP contribution in [0.25, 0.3) is 0 Å². The van der Waals surface area contributed by atoms with Crippen LogP contribution >= 0.6 is 0 Å². The van der Waals surface area contributed by atoms with Crippen molar-refractivity contribution < 1.29 is 22.7 Å². The minimum absolute atomic E-state index is 0.0295. The number of benzene rings is 2. The summed E-state index contributed by atoms with van der Waals surface area (Å²) in [5.74, 6) is 5.60. The molecule has 4 rings (SSSR count). The maximum atomic E-state index is 13.9. The van der Waals surface area contributed by atoms with Gasteiger partial charge >= 0.3 is 6.18 Å². The van der Waals surface area contributed by atoms with Crippen LogP contribution in [0.15, 0.2) is 54.9 Å². The molecule has 0 saturated carbocycles. The average molecular weight is 565 g/mol. The minimum atomic E-state index is -4.57. The topological polar surface area (TPSA) is 93.6 Å². The number of alkyl halides is 3. The second kappa shape index (κ2) is 12.8. The molecule has 3 aromatic rings. The maximum absolute atomic E-state index is 13.9. The Hall–Kier alpha value is -4.40. The predicted molar refractivity (Wildman–Crippen MR) is 153 cm³/mol. The van der Waals surface area contributed by atoms with Crippen LogP contribution in [0.2, 0.25) is 0 Å². The van der Waals surface area contributed by atoms with Gasteiger partial charge in [-0.3, -0.25) is 20.1 Å². The van der Waals surface area contributed by atoms with E-state index in [0.29, 0.717) is 35.7 Å². The number of nitrogens with zero attached hydrogens (tertiary/aromatic N) is 3. The van der Waals surface area contributed by atoms with Gasteiger partial charge in [0.05, 0.1) is 18.2 Å². The summed E-state index contributed by atoms with van der Waals surface area (Å²) in [5.41, 5.74) is 1.20. The molecule has 1 amide bonds. The van der Waals surface area contributed by atoms with Crippen molar-refractivity contribution in [1.29, 1.82) is 5.41 Å². The number of carbonyl (C=O) groups is 1. The molecule has 8 nitrogen and oxygen atoms in total.